The number of hydrogen-bond acceptors (Lipinski definition) is 7. The molecule has 1 amide bonds. The van der Waals surface area contributed by atoms with Crippen molar-refractivity contribution < 1.29 is 53.4 Å². The Morgan fingerprint density at radius 1 is 1.02 bits per heavy atom. The Morgan fingerprint density at radius 2 is 1.68 bits per heavy atom. The monoisotopic (exact) mass is 851 g/mol. The Bertz CT molecular complexity index is 2610. The number of fused-ring (bicyclic) bond motifs is 2. The number of pyridine rings is 1. The number of anilines is 1. The lowest BCUT2D eigenvalue weighted by molar-refractivity contribution is -0.123. The summed E-state index contributed by atoms with van der Waals surface area (Å²) in [6.45, 7) is 3.25. The summed E-state index contributed by atoms with van der Waals surface area (Å²) >= 11 is 0. The minimum absolute atomic E-state index is 0.0165. The molecule has 3 N–H and O–H groups in total. The van der Waals surface area contributed by atoms with E-state index in [0.29, 0.717) is 10.7 Å². The predicted octanol–water partition coefficient (Wildman–Crippen LogP) is 7.25. The van der Waals surface area contributed by atoms with E-state index in [9.17, 15) is 44.7 Å². The summed E-state index contributed by atoms with van der Waals surface area (Å²) in [6.07, 6.45) is -6.44. The van der Waals surface area contributed by atoms with Gasteiger partial charge in [0.15, 0.2) is 5.82 Å². The predicted molar refractivity (Wildman–Crippen MR) is 200 cm³/mol. The quantitative estimate of drug-likeness (QED) is 0.0887. The van der Waals surface area contributed by atoms with Gasteiger partial charge in [-0.2, -0.15) is 19.0 Å². The molecule has 0 saturated carbocycles. The van der Waals surface area contributed by atoms with Gasteiger partial charge in [-0.3, -0.25) is 18.9 Å². The fraction of sp³-hybridized carbons (Fsp3) is 0.385. The van der Waals surface area contributed by atoms with Gasteiger partial charge in [-0.15, -0.1) is 0 Å². The van der Waals surface area contributed by atoms with E-state index in [-0.39, 0.29) is 51.0 Å². The van der Waals surface area contributed by atoms with E-state index in [4.69, 9.17) is 0 Å². The first-order valence-corrected chi connectivity index (χ1v) is 19.9. The molecular formula is C39H37F8N7O4S. The molecule has 1 aliphatic rings. The molecule has 20 heteroatoms. The van der Waals surface area contributed by atoms with E-state index < -0.39 is 106 Å². The molecule has 0 fully saturated rings. The van der Waals surface area contributed by atoms with Crippen LogP contribution in [0.15, 0.2) is 42.5 Å². The molecule has 0 saturated heterocycles. The van der Waals surface area contributed by atoms with Gasteiger partial charge in [0, 0.05) is 41.3 Å². The minimum Gasteiger partial charge on any atom is -0.378 e. The van der Waals surface area contributed by atoms with Crippen molar-refractivity contribution in [3.8, 4) is 23.0 Å². The van der Waals surface area contributed by atoms with Crippen LogP contribution in [0, 0.1) is 29.4 Å². The van der Waals surface area contributed by atoms with Crippen molar-refractivity contribution in [2.45, 2.75) is 77.0 Å². The van der Waals surface area contributed by atoms with Crippen LogP contribution in [-0.4, -0.2) is 55.8 Å². The molecule has 3 heterocycles. The molecule has 0 radical (unpaired) electrons. The van der Waals surface area contributed by atoms with Crippen molar-refractivity contribution in [1.82, 2.24) is 29.9 Å². The topological polar surface area (TPSA) is 144 Å². The van der Waals surface area contributed by atoms with Gasteiger partial charge in [-0.25, -0.2) is 39.7 Å². The number of sulfonamides is 1. The number of carbonyl (C=O) groups excluding carboxylic acids is 1. The van der Waals surface area contributed by atoms with Crippen molar-refractivity contribution in [3.63, 3.8) is 0 Å². The van der Waals surface area contributed by atoms with E-state index in [0.717, 1.165) is 29.1 Å². The molecule has 3 aromatic heterocycles. The number of rotatable bonds is 12. The molecule has 6 rings (SSSR count). The number of nitrogens with one attached hydrogen (secondary N) is 2. The number of carbonyl (C=O) groups is 1. The van der Waals surface area contributed by atoms with Crippen LogP contribution >= 0.6 is 0 Å². The summed E-state index contributed by atoms with van der Waals surface area (Å²) in [5.74, 6) is -3.14. The van der Waals surface area contributed by atoms with Gasteiger partial charge in [-0.1, -0.05) is 25.0 Å². The second kappa shape index (κ2) is 15.9. The molecule has 0 unspecified atom stereocenters. The smallest absolute Gasteiger partial charge is 0.292 e. The standard InChI is InChI=1S/C39H37F8N7O4S/c1-6-20-16-27-32(36(44)45)50-54(34(27)39(20,46)47)18-29(55)49-28(15-19-13-21(40)17-22(41)14-19)31-24(8-7-23(48-31)11-12-38(2,3)56)25-9-10-26(35(42)43)30-33(25)53(4)51-37(30)52-59(5,57)58/h7-10,13-14,17,20,28,35-36,56H,6,15-16,18H2,1-5H3,(H,49,55)(H,51,52)/t20-,28+/m1/s1. The van der Waals surface area contributed by atoms with Crippen LogP contribution in [0.5, 0.6) is 0 Å². The number of aryl methyl sites for hydroxylation is 1. The Balaban J connectivity index is 1.56. The third-order valence-electron chi connectivity index (χ3n) is 9.63. The number of nitrogens with zero attached hydrogens (tertiary/aromatic N) is 5. The molecule has 1 aliphatic carbocycles. The van der Waals surface area contributed by atoms with E-state index in [1.165, 1.54) is 46.0 Å². The van der Waals surface area contributed by atoms with Gasteiger partial charge in [-0.05, 0) is 68.9 Å². The summed E-state index contributed by atoms with van der Waals surface area (Å²) in [7, 11) is -2.69. The van der Waals surface area contributed by atoms with Crippen molar-refractivity contribution >= 4 is 32.7 Å². The zero-order valence-electron chi connectivity index (χ0n) is 32.0. The zero-order chi connectivity index (χ0) is 43.4. The number of alkyl halides is 6. The van der Waals surface area contributed by atoms with Crippen molar-refractivity contribution in [3.05, 3.63) is 93.6 Å². The van der Waals surface area contributed by atoms with Gasteiger partial charge in [0.25, 0.3) is 18.8 Å². The highest BCUT2D eigenvalue weighted by atomic mass is 32.2. The number of halogens is 8. The summed E-state index contributed by atoms with van der Waals surface area (Å²) in [6, 6.07) is 6.18. The van der Waals surface area contributed by atoms with Crippen LogP contribution < -0.4 is 10.0 Å². The molecule has 314 valence electrons. The SMILES string of the molecule is CC[C@@H]1Cc2c(C(F)F)nn(CC(=O)N[C@@H](Cc3cc(F)cc(F)c3)c3nc(C#CC(C)(C)O)ccc3-c3ccc(C(F)F)c4c(NS(C)(=O)=O)nn(C)c34)c2C1(F)F. The number of amides is 1. The highest BCUT2D eigenvalue weighted by molar-refractivity contribution is 7.92. The van der Waals surface area contributed by atoms with Gasteiger partial charge in [0.05, 0.1) is 28.9 Å². The molecule has 5 aromatic rings. The molecule has 0 bridgehead atoms. The second-order valence-corrected chi connectivity index (χ2v) is 16.5. The van der Waals surface area contributed by atoms with Crippen molar-refractivity contribution in [2.24, 2.45) is 13.0 Å². The highest BCUT2D eigenvalue weighted by Crippen LogP contribution is 2.50. The van der Waals surface area contributed by atoms with Crippen LogP contribution in [0.2, 0.25) is 0 Å². The van der Waals surface area contributed by atoms with Gasteiger partial charge >= 0.3 is 0 Å². The lowest BCUT2D eigenvalue weighted by Gasteiger charge is -2.24. The Labute approximate surface area is 332 Å². The van der Waals surface area contributed by atoms with Crippen molar-refractivity contribution in [2.75, 3.05) is 11.0 Å². The maximum Gasteiger partial charge on any atom is 0.292 e. The van der Waals surface area contributed by atoms with E-state index >= 15 is 8.78 Å². The maximum atomic E-state index is 15.6. The summed E-state index contributed by atoms with van der Waals surface area (Å²) in [5.41, 5.74) is -4.24. The third-order valence-corrected chi connectivity index (χ3v) is 10.2. The van der Waals surface area contributed by atoms with Crippen LogP contribution in [0.1, 0.15) is 85.6 Å². The summed E-state index contributed by atoms with van der Waals surface area (Å²) < 4.78 is 146. The molecular weight excluding hydrogens is 815 g/mol. The largest absolute Gasteiger partial charge is 0.378 e. The third kappa shape index (κ3) is 9.05. The number of benzene rings is 2. The van der Waals surface area contributed by atoms with Crippen LogP contribution in [-0.2, 0) is 47.2 Å². The number of aliphatic hydroxyl groups is 1. The average Bonchev–Trinajstić information content (AvgIpc) is 3.73. The average molecular weight is 852 g/mol. The highest BCUT2D eigenvalue weighted by Gasteiger charge is 2.52. The fourth-order valence-electron chi connectivity index (χ4n) is 7.25. The van der Waals surface area contributed by atoms with E-state index in [2.05, 4.69) is 37.1 Å². The summed E-state index contributed by atoms with van der Waals surface area (Å²) in [5, 5.41) is 20.5. The first-order chi connectivity index (χ1) is 27.5. The number of aromatic nitrogens is 5. The summed E-state index contributed by atoms with van der Waals surface area (Å²) in [4.78, 5) is 18.6. The second-order valence-electron chi connectivity index (χ2n) is 14.7. The molecule has 2 atom stereocenters. The van der Waals surface area contributed by atoms with Crippen LogP contribution in [0.3, 0.4) is 0 Å². The minimum atomic E-state index is -4.04. The van der Waals surface area contributed by atoms with Crippen LogP contribution in [0.25, 0.3) is 22.0 Å². The molecule has 11 nitrogen and oxygen atoms in total. The zero-order valence-corrected chi connectivity index (χ0v) is 32.8. The first-order valence-electron chi connectivity index (χ1n) is 18.0. The van der Waals surface area contributed by atoms with Crippen molar-refractivity contribution in [1.29, 1.82) is 0 Å². The Morgan fingerprint density at radius 3 is 2.27 bits per heavy atom. The van der Waals surface area contributed by atoms with Gasteiger partial charge < -0.3 is 10.4 Å². The lowest BCUT2D eigenvalue weighted by Crippen LogP contribution is -2.35. The molecule has 0 spiro atoms. The fourth-order valence-corrected chi connectivity index (χ4v) is 7.74. The van der Waals surface area contributed by atoms with Gasteiger partial charge in [0.2, 0.25) is 15.9 Å². The number of hydrogen-bond donors (Lipinski definition) is 3. The molecule has 59 heavy (non-hydrogen) atoms. The molecule has 2 aromatic carbocycles. The van der Waals surface area contributed by atoms with E-state index in [1.54, 1.807) is 0 Å². The Hall–Kier alpha value is -5.55. The Kier molecular flexibility index (Phi) is 11.6. The lowest BCUT2D eigenvalue weighted by atomic mass is 9.92. The normalized spacial score (nSPS) is 15.7. The van der Waals surface area contributed by atoms with Crippen LogP contribution in [0.4, 0.5) is 40.9 Å². The molecule has 0 aliphatic heterocycles. The van der Waals surface area contributed by atoms with E-state index in [1.807, 2.05) is 0 Å². The maximum absolute atomic E-state index is 15.6. The first kappa shape index (κ1) is 43.0. The van der Waals surface area contributed by atoms with Gasteiger partial charge in [0.1, 0.15) is 40.9 Å².